The molecule has 0 aliphatic rings. The second-order valence-electron chi connectivity index (χ2n) is 4.23. The van der Waals surface area contributed by atoms with Gasteiger partial charge in [0.05, 0.1) is 5.56 Å². The van der Waals surface area contributed by atoms with Crippen molar-refractivity contribution in [3.63, 3.8) is 0 Å². The first-order chi connectivity index (χ1) is 8.56. The monoisotopic (exact) mass is 251 g/mol. The maximum absolute atomic E-state index is 13.1. The molecular weight excluding hydrogens is 237 g/mol. The van der Waals surface area contributed by atoms with E-state index < -0.39 is 5.82 Å². The minimum atomic E-state index is -0.462. The van der Waals surface area contributed by atoms with Crippen molar-refractivity contribution in [3.05, 3.63) is 29.8 Å². The topological polar surface area (TPSA) is 62.4 Å². The zero-order valence-electron chi connectivity index (χ0n) is 10.2. The van der Waals surface area contributed by atoms with Gasteiger partial charge in [0.25, 0.3) is 5.89 Å². The molecule has 0 radical (unpaired) electrons. The van der Waals surface area contributed by atoms with E-state index in [2.05, 4.69) is 10.1 Å². The van der Waals surface area contributed by atoms with Crippen LogP contribution in [0.15, 0.2) is 22.7 Å². The van der Waals surface area contributed by atoms with Crippen LogP contribution >= 0.6 is 0 Å². The Bertz CT molecular complexity index is 540. The summed E-state index contributed by atoms with van der Waals surface area (Å²) in [4.78, 5) is 6.12. The zero-order valence-corrected chi connectivity index (χ0v) is 10.2. The number of hydrogen-bond acceptors (Lipinski definition) is 5. The van der Waals surface area contributed by atoms with Gasteiger partial charge in [-0.05, 0) is 32.3 Å². The summed E-state index contributed by atoms with van der Waals surface area (Å²) in [5.74, 6) is 0.109. The first-order valence-electron chi connectivity index (χ1n) is 5.52. The molecule has 0 saturated heterocycles. The molecule has 0 amide bonds. The van der Waals surface area contributed by atoms with Crippen molar-refractivity contribution < 1.29 is 14.0 Å². The van der Waals surface area contributed by atoms with Gasteiger partial charge in [0.2, 0.25) is 0 Å². The van der Waals surface area contributed by atoms with E-state index in [1.807, 2.05) is 19.0 Å². The van der Waals surface area contributed by atoms with Gasteiger partial charge >= 0.3 is 0 Å². The molecule has 1 heterocycles. The SMILES string of the molecule is CN(C)CCc1noc(-c2cc(F)ccc2O)n1. The van der Waals surface area contributed by atoms with Crippen LogP contribution in [0, 0.1) is 5.82 Å². The van der Waals surface area contributed by atoms with E-state index in [1.54, 1.807) is 0 Å². The van der Waals surface area contributed by atoms with Crippen molar-refractivity contribution in [1.82, 2.24) is 15.0 Å². The van der Waals surface area contributed by atoms with Crippen molar-refractivity contribution in [2.24, 2.45) is 0 Å². The number of phenols is 1. The molecule has 0 fully saturated rings. The van der Waals surface area contributed by atoms with E-state index in [0.29, 0.717) is 12.2 Å². The van der Waals surface area contributed by atoms with Crippen LogP contribution in [0.3, 0.4) is 0 Å². The molecule has 2 rings (SSSR count). The molecule has 96 valence electrons. The predicted octanol–water partition coefficient (Wildman–Crippen LogP) is 1.69. The van der Waals surface area contributed by atoms with Crippen molar-refractivity contribution in [2.75, 3.05) is 20.6 Å². The number of aromatic nitrogens is 2. The van der Waals surface area contributed by atoms with Gasteiger partial charge in [-0.2, -0.15) is 4.98 Å². The molecule has 0 saturated carbocycles. The average Bonchev–Trinajstić information content (AvgIpc) is 2.78. The van der Waals surface area contributed by atoms with Crippen molar-refractivity contribution in [3.8, 4) is 17.2 Å². The highest BCUT2D eigenvalue weighted by Crippen LogP contribution is 2.28. The molecule has 1 N–H and O–H groups in total. The highest BCUT2D eigenvalue weighted by atomic mass is 19.1. The number of hydrogen-bond donors (Lipinski definition) is 1. The molecule has 0 bridgehead atoms. The van der Waals surface area contributed by atoms with Gasteiger partial charge in [-0.15, -0.1) is 0 Å². The van der Waals surface area contributed by atoms with Gasteiger partial charge in [0.15, 0.2) is 5.82 Å². The van der Waals surface area contributed by atoms with Crippen LogP contribution in [-0.4, -0.2) is 40.8 Å². The van der Waals surface area contributed by atoms with Crippen LogP contribution in [0.1, 0.15) is 5.82 Å². The van der Waals surface area contributed by atoms with E-state index >= 15 is 0 Å². The van der Waals surface area contributed by atoms with Crippen LogP contribution in [0.25, 0.3) is 11.5 Å². The fourth-order valence-electron chi connectivity index (χ4n) is 1.47. The van der Waals surface area contributed by atoms with Gasteiger partial charge in [-0.3, -0.25) is 0 Å². The van der Waals surface area contributed by atoms with Crippen LogP contribution < -0.4 is 0 Å². The van der Waals surface area contributed by atoms with Crippen molar-refractivity contribution >= 4 is 0 Å². The number of benzene rings is 1. The third-order valence-electron chi connectivity index (χ3n) is 2.44. The lowest BCUT2D eigenvalue weighted by molar-refractivity contribution is 0.391. The van der Waals surface area contributed by atoms with E-state index in [4.69, 9.17) is 4.52 Å². The summed E-state index contributed by atoms with van der Waals surface area (Å²) in [7, 11) is 3.89. The molecule has 0 unspecified atom stereocenters. The Morgan fingerprint density at radius 3 is 2.89 bits per heavy atom. The molecule has 1 aromatic heterocycles. The van der Waals surface area contributed by atoms with E-state index in [1.165, 1.54) is 18.2 Å². The number of halogens is 1. The lowest BCUT2D eigenvalue weighted by atomic mass is 10.2. The second-order valence-corrected chi connectivity index (χ2v) is 4.23. The minimum absolute atomic E-state index is 0.0841. The van der Waals surface area contributed by atoms with Gasteiger partial charge in [-0.1, -0.05) is 5.16 Å². The maximum Gasteiger partial charge on any atom is 0.261 e. The fourth-order valence-corrected chi connectivity index (χ4v) is 1.47. The highest BCUT2D eigenvalue weighted by Gasteiger charge is 2.13. The third-order valence-corrected chi connectivity index (χ3v) is 2.44. The Hall–Kier alpha value is -1.95. The Morgan fingerprint density at radius 1 is 1.39 bits per heavy atom. The number of aromatic hydroxyl groups is 1. The summed E-state index contributed by atoms with van der Waals surface area (Å²) in [6, 6.07) is 3.59. The molecule has 0 atom stereocenters. The Labute approximate surface area is 104 Å². The molecule has 5 nitrogen and oxygen atoms in total. The highest BCUT2D eigenvalue weighted by molar-refractivity contribution is 5.61. The normalized spacial score (nSPS) is 11.1. The smallest absolute Gasteiger partial charge is 0.261 e. The lowest BCUT2D eigenvalue weighted by Crippen LogP contribution is -2.15. The van der Waals surface area contributed by atoms with Crippen LogP contribution in [0.5, 0.6) is 5.75 Å². The van der Waals surface area contributed by atoms with Crippen molar-refractivity contribution in [1.29, 1.82) is 0 Å². The van der Waals surface area contributed by atoms with Crippen molar-refractivity contribution in [2.45, 2.75) is 6.42 Å². The molecule has 18 heavy (non-hydrogen) atoms. The number of likely N-dealkylation sites (N-methyl/N-ethyl adjacent to an activating group) is 1. The standard InChI is InChI=1S/C12H14FN3O2/c1-16(2)6-5-11-14-12(18-15-11)9-7-8(13)3-4-10(9)17/h3-4,7,17H,5-6H2,1-2H3. The van der Waals surface area contributed by atoms with Gasteiger partial charge < -0.3 is 14.5 Å². The first-order valence-corrected chi connectivity index (χ1v) is 5.52. The number of nitrogens with zero attached hydrogens (tertiary/aromatic N) is 3. The first kappa shape index (κ1) is 12.5. The quantitative estimate of drug-likeness (QED) is 0.895. The molecule has 6 heteroatoms. The molecule has 0 aliphatic carbocycles. The lowest BCUT2D eigenvalue weighted by Gasteiger charge is -2.05. The Balaban J connectivity index is 2.21. The fraction of sp³-hybridized carbons (Fsp3) is 0.333. The number of rotatable bonds is 4. The van der Waals surface area contributed by atoms with Gasteiger partial charge in [0.1, 0.15) is 11.6 Å². The summed E-state index contributed by atoms with van der Waals surface area (Å²) in [6.45, 7) is 0.786. The third kappa shape index (κ3) is 2.84. The largest absolute Gasteiger partial charge is 0.507 e. The summed E-state index contributed by atoms with van der Waals surface area (Å²) in [5.41, 5.74) is 0.207. The molecule has 1 aromatic carbocycles. The van der Waals surface area contributed by atoms with Crippen LogP contribution in [0.2, 0.25) is 0 Å². The maximum atomic E-state index is 13.1. The summed E-state index contributed by atoms with van der Waals surface area (Å²) in [5, 5.41) is 13.4. The van der Waals surface area contributed by atoms with Gasteiger partial charge in [-0.25, -0.2) is 4.39 Å². The van der Waals surface area contributed by atoms with E-state index in [9.17, 15) is 9.50 Å². The molecular formula is C12H14FN3O2. The van der Waals surface area contributed by atoms with Gasteiger partial charge in [0, 0.05) is 13.0 Å². The number of phenolic OH excluding ortho intramolecular Hbond substituents is 1. The Morgan fingerprint density at radius 2 is 2.17 bits per heavy atom. The zero-order chi connectivity index (χ0) is 13.1. The molecule has 2 aromatic rings. The molecule has 0 spiro atoms. The summed E-state index contributed by atoms with van der Waals surface area (Å²) >= 11 is 0. The van der Waals surface area contributed by atoms with Crippen LogP contribution in [0.4, 0.5) is 4.39 Å². The second kappa shape index (κ2) is 5.14. The summed E-state index contributed by atoms with van der Waals surface area (Å²) in [6.07, 6.45) is 0.632. The molecule has 0 aliphatic heterocycles. The minimum Gasteiger partial charge on any atom is -0.507 e. The average molecular weight is 251 g/mol. The van der Waals surface area contributed by atoms with Crippen LogP contribution in [-0.2, 0) is 6.42 Å². The van der Waals surface area contributed by atoms with E-state index in [-0.39, 0.29) is 17.2 Å². The summed E-state index contributed by atoms with van der Waals surface area (Å²) < 4.78 is 18.1. The predicted molar refractivity (Wildman–Crippen MR) is 63.6 cm³/mol. The van der Waals surface area contributed by atoms with E-state index in [0.717, 1.165) is 6.54 Å². The Kier molecular flexibility index (Phi) is 3.57.